The van der Waals surface area contributed by atoms with Crippen LogP contribution in [0.5, 0.6) is 17.2 Å². The third-order valence-corrected chi connectivity index (χ3v) is 5.53. The number of benzene rings is 3. The summed E-state index contributed by atoms with van der Waals surface area (Å²) in [6.45, 7) is 0. The molecule has 1 amide bonds. The molecular weight excluding hydrogens is 418 g/mol. The Morgan fingerprint density at radius 3 is 2.18 bits per heavy atom. The van der Waals surface area contributed by atoms with Crippen molar-refractivity contribution in [2.45, 2.75) is 18.9 Å². The molecule has 1 atom stereocenters. The van der Waals surface area contributed by atoms with Crippen molar-refractivity contribution < 1.29 is 23.4 Å². The lowest BCUT2D eigenvalue weighted by atomic mass is 10.0. The lowest BCUT2D eigenvalue weighted by Crippen LogP contribution is -2.29. The Kier molecular flexibility index (Phi) is 6.83. The first-order valence-electron chi connectivity index (χ1n) is 10.7. The second-order valence-electron chi connectivity index (χ2n) is 7.63. The molecule has 1 unspecified atom stereocenters. The van der Waals surface area contributed by atoms with Gasteiger partial charge in [-0.05, 0) is 41.8 Å². The molecule has 33 heavy (non-hydrogen) atoms. The van der Waals surface area contributed by atoms with E-state index in [2.05, 4.69) is 5.32 Å². The third kappa shape index (κ3) is 4.95. The lowest BCUT2D eigenvalue weighted by molar-refractivity contribution is -0.121. The molecule has 0 fully saturated rings. The molecule has 0 radical (unpaired) electrons. The minimum Gasteiger partial charge on any atom is -0.493 e. The molecule has 1 heterocycles. The summed E-state index contributed by atoms with van der Waals surface area (Å²) in [6.07, 6.45) is 0.812. The van der Waals surface area contributed by atoms with Crippen LogP contribution in [0.3, 0.4) is 0 Å². The summed E-state index contributed by atoms with van der Waals surface area (Å²) in [5.74, 6) is 2.28. The standard InChI is InChI=1S/C27H27NO5/c1-30-23-15-18(16-24(31-2)27(23)32-3)13-14-25(29)28-26(19-9-5-4-6-10-19)22-17-20-11-7-8-12-21(20)33-22/h4-12,15-17,26H,13-14H2,1-3H3,(H,28,29). The molecule has 6 heteroatoms. The number of rotatable bonds is 9. The van der Waals surface area contributed by atoms with E-state index in [9.17, 15) is 4.79 Å². The van der Waals surface area contributed by atoms with Crippen LogP contribution in [0.25, 0.3) is 11.0 Å². The van der Waals surface area contributed by atoms with Crippen LogP contribution in [-0.2, 0) is 11.2 Å². The quantitative estimate of drug-likeness (QED) is 0.379. The molecule has 0 aliphatic heterocycles. The lowest BCUT2D eigenvalue weighted by Gasteiger charge is -2.18. The van der Waals surface area contributed by atoms with Gasteiger partial charge in [0.1, 0.15) is 17.4 Å². The highest BCUT2D eigenvalue weighted by molar-refractivity contribution is 5.80. The topological polar surface area (TPSA) is 69.9 Å². The number of hydrogen-bond acceptors (Lipinski definition) is 5. The normalized spacial score (nSPS) is 11.7. The number of hydrogen-bond donors (Lipinski definition) is 1. The van der Waals surface area contributed by atoms with E-state index in [4.69, 9.17) is 18.6 Å². The van der Waals surface area contributed by atoms with Crippen LogP contribution in [0, 0.1) is 0 Å². The number of methoxy groups -OCH3 is 3. The fourth-order valence-corrected chi connectivity index (χ4v) is 3.88. The first-order chi connectivity index (χ1) is 16.1. The van der Waals surface area contributed by atoms with Crippen molar-refractivity contribution in [2.75, 3.05) is 21.3 Å². The Hall–Kier alpha value is -3.93. The molecule has 1 aromatic heterocycles. The van der Waals surface area contributed by atoms with Crippen LogP contribution in [0.15, 0.2) is 77.2 Å². The van der Waals surface area contributed by atoms with Gasteiger partial charge in [0, 0.05) is 11.8 Å². The average molecular weight is 446 g/mol. The maximum absolute atomic E-state index is 13.0. The number of amides is 1. The van der Waals surface area contributed by atoms with E-state index < -0.39 is 0 Å². The van der Waals surface area contributed by atoms with E-state index in [1.165, 1.54) is 0 Å². The number of carbonyl (C=O) groups excluding carboxylic acids is 1. The van der Waals surface area contributed by atoms with E-state index in [1.807, 2.05) is 72.8 Å². The van der Waals surface area contributed by atoms with Gasteiger partial charge >= 0.3 is 0 Å². The molecule has 0 spiro atoms. The smallest absolute Gasteiger partial charge is 0.221 e. The van der Waals surface area contributed by atoms with Crippen LogP contribution >= 0.6 is 0 Å². The van der Waals surface area contributed by atoms with Crippen LogP contribution in [0.4, 0.5) is 0 Å². The summed E-state index contributed by atoms with van der Waals surface area (Å²) >= 11 is 0. The Morgan fingerprint density at radius 1 is 0.879 bits per heavy atom. The minimum absolute atomic E-state index is 0.0851. The molecule has 3 aromatic carbocycles. The molecule has 170 valence electrons. The number of furan rings is 1. The second-order valence-corrected chi connectivity index (χ2v) is 7.63. The van der Waals surface area contributed by atoms with Crippen molar-refractivity contribution in [1.29, 1.82) is 0 Å². The van der Waals surface area contributed by atoms with Gasteiger partial charge in [0.2, 0.25) is 11.7 Å². The van der Waals surface area contributed by atoms with Crippen LogP contribution in [0.1, 0.15) is 29.3 Å². The van der Waals surface area contributed by atoms with Crippen molar-refractivity contribution in [3.05, 3.63) is 89.7 Å². The predicted molar refractivity (Wildman–Crippen MR) is 127 cm³/mol. The van der Waals surface area contributed by atoms with E-state index >= 15 is 0 Å². The van der Waals surface area contributed by atoms with Gasteiger partial charge in [0.05, 0.1) is 21.3 Å². The van der Waals surface area contributed by atoms with Gasteiger partial charge in [-0.1, -0.05) is 48.5 Å². The highest BCUT2D eigenvalue weighted by atomic mass is 16.5. The van der Waals surface area contributed by atoms with Crippen molar-refractivity contribution in [3.8, 4) is 17.2 Å². The Balaban J connectivity index is 1.53. The number of ether oxygens (including phenoxy) is 3. The summed E-state index contributed by atoms with van der Waals surface area (Å²) in [7, 11) is 4.71. The first-order valence-corrected chi connectivity index (χ1v) is 10.7. The molecule has 4 aromatic rings. The maximum atomic E-state index is 13.0. The van der Waals surface area contributed by atoms with Crippen molar-refractivity contribution in [1.82, 2.24) is 5.32 Å². The largest absolute Gasteiger partial charge is 0.493 e. The van der Waals surface area contributed by atoms with Crippen LogP contribution in [0.2, 0.25) is 0 Å². The third-order valence-electron chi connectivity index (χ3n) is 5.53. The fraction of sp³-hybridized carbons (Fsp3) is 0.222. The van der Waals surface area contributed by atoms with E-state index in [0.717, 1.165) is 22.1 Å². The monoisotopic (exact) mass is 445 g/mol. The SMILES string of the molecule is COc1cc(CCC(=O)NC(c2ccccc2)c2cc3ccccc3o2)cc(OC)c1OC. The zero-order chi connectivity index (χ0) is 23.2. The average Bonchev–Trinajstić information content (AvgIpc) is 3.29. The fourth-order valence-electron chi connectivity index (χ4n) is 3.88. The molecule has 0 bridgehead atoms. The molecule has 0 aliphatic rings. The van der Waals surface area contributed by atoms with Crippen LogP contribution in [-0.4, -0.2) is 27.2 Å². The zero-order valence-electron chi connectivity index (χ0n) is 19.0. The Bertz CT molecular complexity index is 1170. The van der Waals surface area contributed by atoms with E-state index in [1.54, 1.807) is 21.3 Å². The Morgan fingerprint density at radius 2 is 1.55 bits per heavy atom. The van der Waals surface area contributed by atoms with E-state index in [0.29, 0.717) is 35.9 Å². The zero-order valence-corrected chi connectivity index (χ0v) is 19.0. The molecule has 4 rings (SSSR count). The number of carbonyl (C=O) groups is 1. The van der Waals surface area contributed by atoms with Gasteiger partial charge in [-0.3, -0.25) is 4.79 Å². The van der Waals surface area contributed by atoms with Crippen molar-refractivity contribution in [2.24, 2.45) is 0 Å². The van der Waals surface area contributed by atoms with Crippen molar-refractivity contribution >= 4 is 16.9 Å². The summed E-state index contributed by atoms with van der Waals surface area (Å²) in [5.41, 5.74) is 2.66. The molecule has 0 saturated carbocycles. The highest BCUT2D eigenvalue weighted by Gasteiger charge is 2.21. The molecular formula is C27H27NO5. The van der Waals surface area contributed by atoms with Gasteiger partial charge in [-0.15, -0.1) is 0 Å². The van der Waals surface area contributed by atoms with Crippen molar-refractivity contribution in [3.63, 3.8) is 0 Å². The summed E-state index contributed by atoms with van der Waals surface area (Å²) in [5, 5.41) is 4.14. The van der Waals surface area contributed by atoms with Gasteiger partial charge in [-0.25, -0.2) is 0 Å². The van der Waals surface area contributed by atoms with Gasteiger partial charge < -0.3 is 23.9 Å². The van der Waals surface area contributed by atoms with Gasteiger partial charge in [0.15, 0.2) is 11.5 Å². The number of fused-ring (bicyclic) bond motifs is 1. The summed E-state index contributed by atoms with van der Waals surface area (Å²) in [6, 6.07) is 23.0. The first kappa shape index (κ1) is 22.3. The van der Waals surface area contributed by atoms with Gasteiger partial charge in [-0.2, -0.15) is 0 Å². The number of para-hydroxylation sites is 1. The summed E-state index contributed by atoms with van der Waals surface area (Å²) in [4.78, 5) is 13.0. The van der Waals surface area contributed by atoms with Gasteiger partial charge in [0.25, 0.3) is 0 Å². The number of nitrogens with one attached hydrogen (secondary N) is 1. The maximum Gasteiger partial charge on any atom is 0.221 e. The number of aryl methyl sites for hydroxylation is 1. The Labute approximate surface area is 193 Å². The molecule has 0 saturated heterocycles. The van der Waals surface area contributed by atoms with E-state index in [-0.39, 0.29) is 11.9 Å². The predicted octanol–water partition coefficient (Wildman–Crippen LogP) is 5.30. The second kappa shape index (κ2) is 10.1. The molecule has 0 aliphatic carbocycles. The van der Waals surface area contributed by atoms with Crippen LogP contribution < -0.4 is 19.5 Å². The highest BCUT2D eigenvalue weighted by Crippen LogP contribution is 2.38. The molecule has 6 nitrogen and oxygen atoms in total. The minimum atomic E-state index is -0.383. The summed E-state index contributed by atoms with van der Waals surface area (Å²) < 4.78 is 22.3. The molecule has 1 N–H and O–H groups in total.